The minimum absolute atomic E-state index is 0.00387. The first-order chi connectivity index (χ1) is 13.7. The van der Waals surface area contributed by atoms with Crippen molar-refractivity contribution in [1.82, 2.24) is 10.2 Å². The number of amides is 1. The molecule has 1 aliphatic heterocycles. The van der Waals surface area contributed by atoms with Gasteiger partial charge in [-0.1, -0.05) is 25.5 Å². The number of aryl methyl sites for hydroxylation is 1. The van der Waals surface area contributed by atoms with E-state index >= 15 is 0 Å². The zero-order valence-corrected chi connectivity index (χ0v) is 16.7. The largest absolute Gasteiger partial charge is 0.369 e. The summed E-state index contributed by atoms with van der Waals surface area (Å²) in [5.74, 6) is -0.189. The number of benzene rings is 2. The van der Waals surface area contributed by atoms with Gasteiger partial charge < -0.3 is 10.2 Å². The van der Waals surface area contributed by atoms with Crippen LogP contribution in [0.5, 0.6) is 0 Å². The highest BCUT2D eigenvalue weighted by atomic mass is 19.1. The molecule has 1 saturated heterocycles. The summed E-state index contributed by atoms with van der Waals surface area (Å²) < 4.78 is 13.0. The van der Waals surface area contributed by atoms with Crippen molar-refractivity contribution < 1.29 is 9.18 Å². The first-order valence-corrected chi connectivity index (χ1v) is 10.3. The van der Waals surface area contributed by atoms with Gasteiger partial charge in [-0.15, -0.1) is 0 Å². The van der Waals surface area contributed by atoms with Crippen LogP contribution in [0.3, 0.4) is 0 Å². The number of hydrogen-bond acceptors (Lipinski definition) is 3. The van der Waals surface area contributed by atoms with Gasteiger partial charge in [0.05, 0.1) is 0 Å². The molecule has 2 aromatic carbocycles. The minimum Gasteiger partial charge on any atom is -0.369 e. The van der Waals surface area contributed by atoms with E-state index in [1.54, 1.807) is 0 Å². The number of anilines is 1. The van der Waals surface area contributed by atoms with Crippen LogP contribution in [0.4, 0.5) is 10.1 Å². The van der Waals surface area contributed by atoms with Crippen molar-refractivity contribution in [3.05, 3.63) is 65.5 Å². The summed E-state index contributed by atoms with van der Waals surface area (Å²) in [4.78, 5) is 16.9. The first kappa shape index (κ1) is 20.3. The maximum Gasteiger partial charge on any atom is 0.251 e. The molecule has 0 spiro atoms. The average molecular weight is 384 g/mol. The van der Waals surface area contributed by atoms with Crippen LogP contribution in [0, 0.1) is 5.82 Å². The van der Waals surface area contributed by atoms with E-state index < -0.39 is 0 Å². The van der Waals surface area contributed by atoms with Gasteiger partial charge in [-0.2, -0.15) is 0 Å². The van der Waals surface area contributed by atoms with E-state index in [2.05, 4.69) is 22.0 Å². The van der Waals surface area contributed by atoms with E-state index in [4.69, 9.17) is 0 Å². The molecule has 1 fully saturated rings. The standard InChI is InChI=1S/C23H30FN3O/c1-2-4-19-5-7-20(8-6-19)23(28)25-13-3-14-26-15-17-27(18-16-26)22-11-9-21(24)10-12-22/h5-12H,2-4,13-18H2,1H3,(H,25,28). The molecule has 2 aromatic rings. The van der Waals surface area contributed by atoms with E-state index in [1.165, 1.54) is 17.7 Å². The molecule has 0 bridgehead atoms. The monoisotopic (exact) mass is 383 g/mol. The third kappa shape index (κ3) is 5.80. The number of nitrogens with one attached hydrogen (secondary N) is 1. The molecule has 4 nitrogen and oxygen atoms in total. The number of carbonyl (C=O) groups is 1. The lowest BCUT2D eigenvalue weighted by Crippen LogP contribution is -2.47. The van der Waals surface area contributed by atoms with Crippen LogP contribution in [0.25, 0.3) is 0 Å². The third-order valence-corrected chi connectivity index (χ3v) is 5.26. The minimum atomic E-state index is -0.193. The highest BCUT2D eigenvalue weighted by molar-refractivity contribution is 5.94. The Morgan fingerprint density at radius 1 is 1.00 bits per heavy atom. The van der Waals surface area contributed by atoms with Crippen molar-refractivity contribution in [2.75, 3.05) is 44.2 Å². The first-order valence-electron chi connectivity index (χ1n) is 10.3. The van der Waals surface area contributed by atoms with Gasteiger partial charge >= 0.3 is 0 Å². The number of carbonyl (C=O) groups excluding carboxylic acids is 1. The van der Waals surface area contributed by atoms with Crippen LogP contribution in [-0.4, -0.2) is 50.1 Å². The second kappa shape index (κ2) is 10.2. The van der Waals surface area contributed by atoms with E-state index in [0.717, 1.165) is 63.2 Å². The Labute approximate surface area is 167 Å². The van der Waals surface area contributed by atoms with E-state index in [0.29, 0.717) is 6.54 Å². The van der Waals surface area contributed by atoms with Crippen molar-refractivity contribution in [1.29, 1.82) is 0 Å². The van der Waals surface area contributed by atoms with Gasteiger partial charge in [-0.25, -0.2) is 4.39 Å². The maximum atomic E-state index is 13.0. The van der Waals surface area contributed by atoms with Gasteiger partial charge in [0.25, 0.3) is 5.91 Å². The topological polar surface area (TPSA) is 35.6 Å². The maximum absolute atomic E-state index is 13.0. The van der Waals surface area contributed by atoms with Gasteiger partial charge in [0.2, 0.25) is 0 Å². The lowest BCUT2D eigenvalue weighted by atomic mass is 10.1. The van der Waals surface area contributed by atoms with Crippen molar-refractivity contribution in [3.8, 4) is 0 Å². The molecule has 0 aliphatic carbocycles. The fourth-order valence-electron chi connectivity index (χ4n) is 3.60. The quantitative estimate of drug-likeness (QED) is 0.706. The molecule has 150 valence electrons. The molecule has 0 atom stereocenters. The van der Waals surface area contributed by atoms with E-state index in [1.807, 2.05) is 36.4 Å². The lowest BCUT2D eigenvalue weighted by molar-refractivity contribution is 0.0951. The molecule has 1 aliphatic rings. The van der Waals surface area contributed by atoms with E-state index in [9.17, 15) is 9.18 Å². The van der Waals surface area contributed by atoms with Gasteiger partial charge in [0.1, 0.15) is 5.82 Å². The Balaban J connectivity index is 1.33. The summed E-state index contributed by atoms with van der Waals surface area (Å²) in [6.45, 7) is 7.70. The molecular formula is C23H30FN3O. The van der Waals surface area contributed by atoms with Crippen LogP contribution < -0.4 is 10.2 Å². The Hall–Kier alpha value is -2.40. The molecule has 0 unspecified atom stereocenters. The van der Waals surface area contributed by atoms with Crippen LogP contribution in [0.15, 0.2) is 48.5 Å². The molecular weight excluding hydrogens is 353 g/mol. The van der Waals surface area contributed by atoms with Crippen LogP contribution >= 0.6 is 0 Å². The third-order valence-electron chi connectivity index (χ3n) is 5.26. The summed E-state index contributed by atoms with van der Waals surface area (Å²) in [5.41, 5.74) is 3.09. The molecule has 1 amide bonds. The van der Waals surface area contributed by atoms with Crippen LogP contribution in [0.1, 0.15) is 35.7 Å². The predicted octanol–water partition coefficient (Wildman–Crippen LogP) is 3.72. The van der Waals surface area contributed by atoms with Crippen molar-refractivity contribution in [3.63, 3.8) is 0 Å². The molecule has 28 heavy (non-hydrogen) atoms. The molecule has 3 rings (SSSR count). The van der Waals surface area contributed by atoms with Gasteiger partial charge in [-0.05, 0) is 61.3 Å². The fraction of sp³-hybridized carbons (Fsp3) is 0.435. The van der Waals surface area contributed by atoms with E-state index in [-0.39, 0.29) is 11.7 Å². The predicted molar refractivity (Wildman–Crippen MR) is 112 cm³/mol. The fourth-order valence-corrected chi connectivity index (χ4v) is 3.60. The lowest BCUT2D eigenvalue weighted by Gasteiger charge is -2.36. The zero-order chi connectivity index (χ0) is 19.8. The highest BCUT2D eigenvalue weighted by Crippen LogP contribution is 2.17. The van der Waals surface area contributed by atoms with Crippen molar-refractivity contribution in [2.24, 2.45) is 0 Å². The number of halogens is 1. The summed E-state index contributed by atoms with van der Waals surface area (Å²) >= 11 is 0. The molecule has 0 saturated carbocycles. The summed E-state index contributed by atoms with van der Waals surface area (Å²) in [6.07, 6.45) is 3.11. The van der Waals surface area contributed by atoms with Crippen molar-refractivity contribution in [2.45, 2.75) is 26.2 Å². The number of piperazine rings is 1. The second-order valence-corrected chi connectivity index (χ2v) is 7.36. The number of hydrogen-bond donors (Lipinski definition) is 1. The SMILES string of the molecule is CCCc1ccc(C(=O)NCCCN2CCN(c3ccc(F)cc3)CC2)cc1. The molecule has 1 N–H and O–H groups in total. The Morgan fingerprint density at radius 3 is 2.32 bits per heavy atom. The van der Waals surface area contributed by atoms with Gasteiger partial charge in [0.15, 0.2) is 0 Å². The van der Waals surface area contributed by atoms with Crippen molar-refractivity contribution >= 4 is 11.6 Å². The summed E-state index contributed by atoms with van der Waals surface area (Å²) in [7, 11) is 0. The van der Waals surface area contributed by atoms with Gasteiger partial charge in [-0.3, -0.25) is 9.69 Å². The highest BCUT2D eigenvalue weighted by Gasteiger charge is 2.16. The van der Waals surface area contributed by atoms with Gasteiger partial charge in [0, 0.05) is 44.0 Å². The summed E-state index contributed by atoms with van der Waals surface area (Å²) in [6, 6.07) is 14.6. The Kier molecular flexibility index (Phi) is 7.43. The smallest absolute Gasteiger partial charge is 0.251 e. The number of nitrogens with zero attached hydrogens (tertiary/aromatic N) is 2. The Morgan fingerprint density at radius 2 is 1.68 bits per heavy atom. The van der Waals surface area contributed by atoms with Crippen LogP contribution in [0.2, 0.25) is 0 Å². The van der Waals surface area contributed by atoms with Crippen LogP contribution in [-0.2, 0) is 6.42 Å². The Bertz CT molecular complexity index is 737. The number of rotatable bonds is 8. The zero-order valence-electron chi connectivity index (χ0n) is 16.7. The molecule has 1 heterocycles. The summed E-state index contributed by atoms with van der Waals surface area (Å²) in [5, 5.41) is 3.02. The molecule has 0 aromatic heterocycles. The molecule has 5 heteroatoms. The average Bonchev–Trinajstić information content (AvgIpc) is 2.73. The second-order valence-electron chi connectivity index (χ2n) is 7.36. The molecule has 0 radical (unpaired) electrons. The normalized spacial score (nSPS) is 14.9.